The van der Waals surface area contributed by atoms with E-state index in [1.807, 2.05) is 6.07 Å². The molecular formula is C15H12F2N2O. The summed E-state index contributed by atoms with van der Waals surface area (Å²) in [7, 11) is 0. The van der Waals surface area contributed by atoms with Crippen LogP contribution in [0.5, 0.6) is 0 Å². The molecule has 0 saturated carbocycles. The van der Waals surface area contributed by atoms with Crippen molar-refractivity contribution in [2.75, 3.05) is 0 Å². The van der Waals surface area contributed by atoms with E-state index < -0.39 is 17.7 Å². The molecule has 0 saturated heterocycles. The second kappa shape index (κ2) is 5.66. The second-order valence-electron chi connectivity index (χ2n) is 4.54. The molecule has 20 heavy (non-hydrogen) atoms. The molecule has 102 valence electrons. The van der Waals surface area contributed by atoms with Crippen LogP contribution in [0.2, 0.25) is 0 Å². The van der Waals surface area contributed by atoms with E-state index in [9.17, 15) is 13.6 Å². The zero-order valence-corrected chi connectivity index (χ0v) is 10.8. The molecule has 1 aliphatic rings. The third-order valence-corrected chi connectivity index (χ3v) is 3.06. The SMILES string of the molecule is Cc1cc(C(=O)NC2C=CC(F)=C(F)C2)ccc1C#N. The lowest BCUT2D eigenvalue weighted by atomic mass is 10.0. The number of nitriles is 1. The Morgan fingerprint density at radius 3 is 2.80 bits per heavy atom. The van der Waals surface area contributed by atoms with Crippen molar-refractivity contribution in [3.05, 3.63) is 58.7 Å². The van der Waals surface area contributed by atoms with Crippen LogP contribution in [0.3, 0.4) is 0 Å². The predicted molar refractivity (Wildman–Crippen MR) is 70.1 cm³/mol. The van der Waals surface area contributed by atoms with Gasteiger partial charge in [0.05, 0.1) is 17.7 Å². The Bertz CT molecular complexity index is 656. The van der Waals surface area contributed by atoms with Gasteiger partial charge in [-0.3, -0.25) is 4.79 Å². The third kappa shape index (κ3) is 2.91. The fourth-order valence-corrected chi connectivity index (χ4v) is 1.93. The molecular weight excluding hydrogens is 262 g/mol. The molecule has 2 rings (SSSR count). The number of nitrogens with one attached hydrogen (secondary N) is 1. The number of allylic oxidation sites excluding steroid dienone is 2. The summed E-state index contributed by atoms with van der Waals surface area (Å²) < 4.78 is 25.9. The van der Waals surface area contributed by atoms with E-state index in [4.69, 9.17) is 5.26 Å². The molecule has 0 radical (unpaired) electrons. The van der Waals surface area contributed by atoms with Crippen LogP contribution in [0, 0.1) is 18.3 Å². The maximum atomic E-state index is 13.1. The summed E-state index contributed by atoms with van der Waals surface area (Å²) in [6, 6.07) is 6.12. The topological polar surface area (TPSA) is 52.9 Å². The average Bonchev–Trinajstić information content (AvgIpc) is 2.42. The number of halogens is 2. The van der Waals surface area contributed by atoms with Crippen molar-refractivity contribution in [2.24, 2.45) is 0 Å². The van der Waals surface area contributed by atoms with Crippen molar-refractivity contribution in [1.82, 2.24) is 5.32 Å². The molecule has 3 nitrogen and oxygen atoms in total. The summed E-state index contributed by atoms with van der Waals surface area (Å²) in [4.78, 5) is 12.0. The summed E-state index contributed by atoms with van der Waals surface area (Å²) in [6.45, 7) is 1.73. The highest BCUT2D eigenvalue weighted by Gasteiger charge is 2.19. The Morgan fingerprint density at radius 2 is 2.20 bits per heavy atom. The molecule has 0 spiro atoms. The molecule has 1 aromatic rings. The van der Waals surface area contributed by atoms with Crippen molar-refractivity contribution in [1.29, 1.82) is 5.26 Å². The molecule has 1 aliphatic carbocycles. The number of carbonyl (C=O) groups excluding carboxylic acids is 1. The van der Waals surface area contributed by atoms with E-state index in [1.165, 1.54) is 12.1 Å². The Morgan fingerprint density at radius 1 is 1.45 bits per heavy atom. The summed E-state index contributed by atoms with van der Waals surface area (Å²) in [5, 5.41) is 11.4. The molecule has 1 atom stereocenters. The number of hydrogen-bond donors (Lipinski definition) is 1. The van der Waals surface area contributed by atoms with Gasteiger partial charge in [0.2, 0.25) is 0 Å². The maximum absolute atomic E-state index is 13.1. The standard InChI is InChI=1S/C15H12F2N2O/c1-9-6-10(2-3-11(9)8-18)15(20)19-12-4-5-13(16)14(17)7-12/h2-6,12H,7H2,1H3,(H,19,20). The second-order valence-corrected chi connectivity index (χ2v) is 4.54. The monoisotopic (exact) mass is 274 g/mol. The zero-order chi connectivity index (χ0) is 14.7. The number of nitrogens with zero attached hydrogens (tertiary/aromatic N) is 1. The van der Waals surface area contributed by atoms with Gasteiger partial charge in [0.15, 0.2) is 5.83 Å². The van der Waals surface area contributed by atoms with Crippen molar-refractivity contribution in [3.63, 3.8) is 0 Å². The number of hydrogen-bond acceptors (Lipinski definition) is 2. The van der Waals surface area contributed by atoms with Crippen LogP contribution in [0.1, 0.15) is 27.9 Å². The highest BCUT2D eigenvalue weighted by molar-refractivity contribution is 5.94. The van der Waals surface area contributed by atoms with Gasteiger partial charge in [-0.05, 0) is 36.8 Å². The van der Waals surface area contributed by atoms with Crippen molar-refractivity contribution in [3.8, 4) is 6.07 Å². The highest BCUT2D eigenvalue weighted by Crippen LogP contribution is 2.21. The molecule has 5 heteroatoms. The molecule has 1 amide bonds. The van der Waals surface area contributed by atoms with Gasteiger partial charge in [-0.15, -0.1) is 0 Å². The molecule has 0 aliphatic heterocycles. The lowest BCUT2D eigenvalue weighted by molar-refractivity contribution is 0.0943. The molecule has 1 N–H and O–H groups in total. The van der Waals surface area contributed by atoms with Crippen LogP contribution >= 0.6 is 0 Å². The molecule has 0 aromatic heterocycles. The van der Waals surface area contributed by atoms with Gasteiger partial charge in [-0.1, -0.05) is 6.08 Å². The largest absolute Gasteiger partial charge is 0.345 e. The van der Waals surface area contributed by atoms with Crippen LogP contribution in [-0.4, -0.2) is 11.9 Å². The minimum atomic E-state index is -0.898. The Hall–Kier alpha value is -2.48. The fourth-order valence-electron chi connectivity index (χ4n) is 1.93. The molecule has 0 heterocycles. The number of rotatable bonds is 2. The molecule has 1 unspecified atom stereocenters. The van der Waals surface area contributed by atoms with Crippen molar-refractivity contribution >= 4 is 5.91 Å². The average molecular weight is 274 g/mol. The van der Waals surface area contributed by atoms with Gasteiger partial charge in [-0.2, -0.15) is 5.26 Å². The molecule has 0 bridgehead atoms. The number of aryl methyl sites for hydroxylation is 1. The third-order valence-electron chi connectivity index (χ3n) is 3.06. The summed E-state index contributed by atoms with van der Waals surface area (Å²) in [6.07, 6.45) is 2.23. The Labute approximate surface area is 115 Å². The Kier molecular flexibility index (Phi) is 3.94. The summed E-state index contributed by atoms with van der Waals surface area (Å²) in [5.41, 5.74) is 1.57. The van der Waals surface area contributed by atoms with E-state index in [-0.39, 0.29) is 12.3 Å². The van der Waals surface area contributed by atoms with E-state index in [1.54, 1.807) is 19.1 Å². The first-order valence-electron chi connectivity index (χ1n) is 6.05. The lowest BCUT2D eigenvalue weighted by Crippen LogP contribution is -2.34. The quantitative estimate of drug-likeness (QED) is 0.901. The molecule has 1 aromatic carbocycles. The number of benzene rings is 1. The maximum Gasteiger partial charge on any atom is 0.251 e. The van der Waals surface area contributed by atoms with Crippen LogP contribution in [0.25, 0.3) is 0 Å². The minimum Gasteiger partial charge on any atom is -0.345 e. The van der Waals surface area contributed by atoms with E-state index in [0.717, 1.165) is 6.08 Å². The van der Waals surface area contributed by atoms with E-state index >= 15 is 0 Å². The normalized spacial score (nSPS) is 17.8. The Balaban J connectivity index is 2.09. The van der Waals surface area contributed by atoms with Gasteiger partial charge in [-0.25, -0.2) is 8.78 Å². The van der Waals surface area contributed by atoms with Crippen LogP contribution in [0.15, 0.2) is 42.0 Å². The van der Waals surface area contributed by atoms with Crippen molar-refractivity contribution < 1.29 is 13.6 Å². The number of amides is 1. The highest BCUT2D eigenvalue weighted by atomic mass is 19.2. The van der Waals surface area contributed by atoms with Crippen LogP contribution < -0.4 is 5.32 Å². The predicted octanol–water partition coefficient (Wildman–Crippen LogP) is 3.08. The van der Waals surface area contributed by atoms with Crippen LogP contribution in [0.4, 0.5) is 8.78 Å². The van der Waals surface area contributed by atoms with Gasteiger partial charge >= 0.3 is 0 Å². The first-order chi connectivity index (χ1) is 9.51. The van der Waals surface area contributed by atoms with Crippen LogP contribution in [-0.2, 0) is 0 Å². The molecule has 0 fully saturated rings. The smallest absolute Gasteiger partial charge is 0.251 e. The van der Waals surface area contributed by atoms with Gasteiger partial charge in [0.1, 0.15) is 5.83 Å². The van der Waals surface area contributed by atoms with E-state index in [2.05, 4.69) is 5.32 Å². The number of carbonyl (C=O) groups is 1. The summed E-state index contributed by atoms with van der Waals surface area (Å²) >= 11 is 0. The van der Waals surface area contributed by atoms with E-state index in [0.29, 0.717) is 16.7 Å². The zero-order valence-electron chi connectivity index (χ0n) is 10.8. The fraction of sp³-hybridized carbons (Fsp3) is 0.200. The summed E-state index contributed by atoms with van der Waals surface area (Å²) in [5.74, 6) is -2.15. The van der Waals surface area contributed by atoms with Gasteiger partial charge in [0, 0.05) is 12.0 Å². The first kappa shape index (κ1) is 13.9. The van der Waals surface area contributed by atoms with Crippen molar-refractivity contribution in [2.45, 2.75) is 19.4 Å². The lowest BCUT2D eigenvalue weighted by Gasteiger charge is -2.17. The van der Waals surface area contributed by atoms with Gasteiger partial charge in [0.25, 0.3) is 5.91 Å². The van der Waals surface area contributed by atoms with Gasteiger partial charge < -0.3 is 5.32 Å². The minimum absolute atomic E-state index is 0.191. The first-order valence-corrected chi connectivity index (χ1v) is 6.05.